The molecule has 0 atom stereocenters. The Morgan fingerprint density at radius 1 is 0.639 bits per heavy atom. The zero-order valence-corrected chi connectivity index (χ0v) is 21.4. The molecule has 2 spiro atoms. The maximum absolute atomic E-state index is 2.56. The standard InChI is InChI=1S/C35H35N/c1-36(24-14-16-28-26-10-2-4-12-30(26)34(32(28)22-24)18-6-7-19-34)25-15-17-29-27-11-3-5-13-31(27)35(33(29)23-25)20-8-9-21-35/h2-4,10-12,14-17,22-23H,5-9,13,18-21H2,1H3. The summed E-state index contributed by atoms with van der Waals surface area (Å²) in [7, 11) is 2.27. The van der Waals surface area contributed by atoms with Crippen LogP contribution < -0.4 is 4.90 Å². The minimum atomic E-state index is 0.226. The lowest BCUT2D eigenvalue weighted by molar-refractivity contribution is 0.514. The van der Waals surface area contributed by atoms with E-state index < -0.39 is 0 Å². The number of nitrogens with zero attached hydrogens (tertiary/aromatic N) is 1. The molecule has 5 aliphatic rings. The molecule has 2 fully saturated rings. The average molecular weight is 470 g/mol. The third-order valence-electron chi connectivity index (χ3n) is 10.5. The number of hydrogen-bond donors (Lipinski definition) is 0. The molecule has 180 valence electrons. The predicted octanol–water partition coefficient (Wildman–Crippen LogP) is 9.22. The normalized spacial score (nSPS) is 21.7. The second kappa shape index (κ2) is 7.48. The molecule has 0 N–H and O–H groups in total. The lowest BCUT2D eigenvalue weighted by atomic mass is 9.73. The van der Waals surface area contributed by atoms with Crippen LogP contribution in [0.4, 0.5) is 11.4 Å². The Hall–Kier alpha value is -3.06. The van der Waals surface area contributed by atoms with Crippen molar-refractivity contribution in [1.29, 1.82) is 0 Å². The van der Waals surface area contributed by atoms with Crippen LogP contribution in [-0.4, -0.2) is 7.05 Å². The zero-order valence-electron chi connectivity index (χ0n) is 21.4. The average Bonchev–Trinajstić information content (AvgIpc) is 3.72. The van der Waals surface area contributed by atoms with Gasteiger partial charge in [0.1, 0.15) is 0 Å². The monoisotopic (exact) mass is 469 g/mol. The second-order valence-electron chi connectivity index (χ2n) is 12.0. The van der Waals surface area contributed by atoms with Crippen molar-refractivity contribution in [2.24, 2.45) is 0 Å². The van der Waals surface area contributed by atoms with Gasteiger partial charge in [-0.2, -0.15) is 0 Å². The fraction of sp³-hybridized carbons (Fsp3) is 0.371. The first-order valence-electron chi connectivity index (χ1n) is 14.2. The van der Waals surface area contributed by atoms with Gasteiger partial charge in [0.05, 0.1) is 0 Å². The van der Waals surface area contributed by atoms with E-state index in [-0.39, 0.29) is 5.41 Å². The molecule has 0 aliphatic heterocycles. The molecule has 0 unspecified atom stereocenters. The summed E-state index contributed by atoms with van der Waals surface area (Å²) in [4.78, 5) is 2.45. The second-order valence-corrected chi connectivity index (χ2v) is 12.0. The molecule has 0 saturated heterocycles. The number of rotatable bonds is 2. The number of benzene rings is 3. The van der Waals surface area contributed by atoms with E-state index in [2.05, 4.69) is 84.8 Å². The Morgan fingerprint density at radius 3 is 2.00 bits per heavy atom. The summed E-state index contributed by atoms with van der Waals surface area (Å²) in [5.41, 5.74) is 15.7. The van der Waals surface area contributed by atoms with Crippen molar-refractivity contribution in [1.82, 2.24) is 0 Å². The Morgan fingerprint density at radius 2 is 1.25 bits per heavy atom. The molecule has 0 bridgehead atoms. The summed E-state index contributed by atoms with van der Waals surface area (Å²) in [5, 5.41) is 0. The van der Waals surface area contributed by atoms with Crippen LogP contribution >= 0.6 is 0 Å². The van der Waals surface area contributed by atoms with E-state index in [0.717, 1.165) is 0 Å². The Bertz CT molecular complexity index is 1460. The first kappa shape index (κ1) is 21.1. The van der Waals surface area contributed by atoms with Crippen molar-refractivity contribution < 1.29 is 0 Å². The van der Waals surface area contributed by atoms with Crippen molar-refractivity contribution >= 4 is 16.9 Å². The SMILES string of the molecule is CN(c1ccc2c(c1)C1(CCCC1)C1=C2C=CCC1)c1ccc2c(c1)C1(CCCC1)c1ccccc1-2. The molecule has 8 rings (SSSR count). The molecule has 3 aromatic rings. The molecule has 1 nitrogen and oxygen atoms in total. The van der Waals surface area contributed by atoms with Crippen LogP contribution in [-0.2, 0) is 10.8 Å². The smallest absolute Gasteiger partial charge is 0.0411 e. The fourth-order valence-electron chi connectivity index (χ4n) is 8.82. The van der Waals surface area contributed by atoms with Gasteiger partial charge in [0.15, 0.2) is 0 Å². The van der Waals surface area contributed by atoms with E-state index in [1.807, 2.05) is 0 Å². The van der Waals surface area contributed by atoms with Gasteiger partial charge in [-0.05, 0) is 102 Å². The minimum absolute atomic E-state index is 0.226. The lowest BCUT2D eigenvalue weighted by Gasteiger charge is -2.31. The minimum Gasteiger partial charge on any atom is -0.345 e. The highest BCUT2D eigenvalue weighted by molar-refractivity contribution is 5.89. The summed E-state index contributed by atoms with van der Waals surface area (Å²) in [5.74, 6) is 0. The molecule has 3 aromatic carbocycles. The molecule has 0 amide bonds. The van der Waals surface area contributed by atoms with E-state index in [1.165, 1.54) is 92.3 Å². The maximum atomic E-state index is 2.56. The lowest BCUT2D eigenvalue weighted by Crippen LogP contribution is -2.23. The summed E-state index contributed by atoms with van der Waals surface area (Å²) >= 11 is 0. The highest BCUT2D eigenvalue weighted by Crippen LogP contribution is 2.59. The van der Waals surface area contributed by atoms with E-state index in [9.17, 15) is 0 Å². The van der Waals surface area contributed by atoms with Crippen LogP contribution in [0.2, 0.25) is 0 Å². The highest BCUT2D eigenvalue weighted by atomic mass is 15.1. The third-order valence-corrected chi connectivity index (χ3v) is 10.5. The van der Waals surface area contributed by atoms with Gasteiger partial charge >= 0.3 is 0 Å². The molecule has 5 aliphatic carbocycles. The first-order valence-corrected chi connectivity index (χ1v) is 14.2. The van der Waals surface area contributed by atoms with Gasteiger partial charge in [0, 0.05) is 29.3 Å². The van der Waals surface area contributed by atoms with Gasteiger partial charge in [-0.15, -0.1) is 0 Å². The van der Waals surface area contributed by atoms with E-state index in [0.29, 0.717) is 5.41 Å². The summed E-state index contributed by atoms with van der Waals surface area (Å²) in [6.07, 6.45) is 17.9. The van der Waals surface area contributed by atoms with Gasteiger partial charge in [0.2, 0.25) is 0 Å². The molecule has 36 heavy (non-hydrogen) atoms. The quantitative estimate of drug-likeness (QED) is 0.361. The van der Waals surface area contributed by atoms with Crippen LogP contribution in [0, 0.1) is 0 Å². The molecule has 2 saturated carbocycles. The molecule has 1 heteroatoms. The zero-order chi connectivity index (χ0) is 23.9. The molecule has 0 heterocycles. The number of hydrogen-bond acceptors (Lipinski definition) is 1. The van der Waals surface area contributed by atoms with Crippen molar-refractivity contribution in [3.63, 3.8) is 0 Å². The first-order chi connectivity index (χ1) is 17.7. The van der Waals surface area contributed by atoms with Gasteiger partial charge in [0.25, 0.3) is 0 Å². The van der Waals surface area contributed by atoms with Crippen molar-refractivity contribution in [2.45, 2.75) is 75.0 Å². The topological polar surface area (TPSA) is 3.24 Å². The van der Waals surface area contributed by atoms with Crippen LogP contribution in [0.3, 0.4) is 0 Å². The van der Waals surface area contributed by atoms with Gasteiger partial charge in [-0.1, -0.05) is 79.8 Å². The third kappa shape index (κ3) is 2.62. The van der Waals surface area contributed by atoms with Crippen LogP contribution in [0.25, 0.3) is 16.7 Å². The number of allylic oxidation sites excluding steroid dienone is 4. The van der Waals surface area contributed by atoms with Crippen molar-refractivity contribution in [3.8, 4) is 11.1 Å². The number of anilines is 2. The summed E-state index contributed by atoms with van der Waals surface area (Å²) in [6.45, 7) is 0. The molecule has 0 radical (unpaired) electrons. The maximum Gasteiger partial charge on any atom is 0.0411 e. The molecular weight excluding hydrogens is 434 g/mol. The summed E-state index contributed by atoms with van der Waals surface area (Å²) < 4.78 is 0. The van der Waals surface area contributed by atoms with Crippen LogP contribution in [0.15, 0.2) is 78.4 Å². The van der Waals surface area contributed by atoms with Gasteiger partial charge in [-0.25, -0.2) is 0 Å². The van der Waals surface area contributed by atoms with E-state index in [1.54, 1.807) is 27.8 Å². The number of fused-ring (bicyclic) bond motifs is 9. The molecule has 0 aromatic heterocycles. The Balaban J connectivity index is 1.22. The van der Waals surface area contributed by atoms with Gasteiger partial charge in [-0.3, -0.25) is 0 Å². The van der Waals surface area contributed by atoms with Crippen LogP contribution in [0.1, 0.15) is 86.5 Å². The Labute approximate surface area is 215 Å². The highest BCUT2D eigenvalue weighted by Gasteiger charge is 2.47. The fourth-order valence-corrected chi connectivity index (χ4v) is 8.82. The Kier molecular flexibility index (Phi) is 4.38. The van der Waals surface area contributed by atoms with Gasteiger partial charge < -0.3 is 4.90 Å². The van der Waals surface area contributed by atoms with Crippen LogP contribution in [0.5, 0.6) is 0 Å². The largest absolute Gasteiger partial charge is 0.345 e. The molecular formula is C35H35N. The van der Waals surface area contributed by atoms with E-state index >= 15 is 0 Å². The van der Waals surface area contributed by atoms with Crippen molar-refractivity contribution in [2.75, 3.05) is 11.9 Å². The van der Waals surface area contributed by atoms with E-state index in [4.69, 9.17) is 0 Å². The summed E-state index contributed by atoms with van der Waals surface area (Å²) in [6, 6.07) is 23.8. The predicted molar refractivity (Wildman–Crippen MR) is 151 cm³/mol. The van der Waals surface area contributed by atoms with Crippen molar-refractivity contribution in [3.05, 3.63) is 101 Å².